The number of alkyl halides is 2. The average Bonchev–Trinajstić information content (AvgIpc) is 2.87. The van der Waals surface area contributed by atoms with Crippen LogP contribution in [0.3, 0.4) is 0 Å². The number of hydrogen-bond donors (Lipinski definition) is 1. The Balaban J connectivity index is 1.94. The smallest absolute Gasteiger partial charge is 0.258 e. The van der Waals surface area contributed by atoms with E-state index in [-0.39, 0.29) is 6.79 Å². The minimum atomic E-state index is -2.45. The summed E-state index contributed by atoms with van der Waals surface area (Å²) < 4.78 is 38.3. The van der Waals surface area contributed by atoms with Gasteiger partial charge in [-0.2, -0.15) is 0 Å². The van der Waals surface area contributed by atoms with Crippen LogP contribution in [-0.4, -0.2) is 44.3 Å². The lowest BCUT2D eigenvalue weighted by Gasteiger charge is -2.35. The van der Waals surface area contributed by atoms with Crippen LogP contribution in [0.25, 0.3) is 0 Å². The molecule has 1 aromatic rings. The highest BCUT2D eigenvalue weighted by molar-refractivity contribution is 9.10. The Hall–Kier alpha value is -0.920. The van der Waals surface area contributed by atoms with E-state index < -0.39 is 12.5 Å². The van der Waals surface area contributed by atoms with Gasteiger partial charge in [-0.3, -0.25) is 4.90 Å². The molecule has 110 valence electrons. The van der Waals surface area contributed by atoms with Gasteiger partial charge >= 0.3 is 0 Å². The van der Waals surface area contributed by atoms with Crippen LogP contribution in [0, 0.1) is 0 Å². The lowest BCUT2D eigenvalue weighted by atomic mass is 10.0. The normalized spacial score (nSPS) is 20.4. The van der Waals surface area contributed by atoms with Gasteiger partial charge in [0.25, 0.3) is 6.43 Å². The van der Waals surface area contributed by atoms with E-state index in [1.165, 1.54) is 0 Å². The Labute approximate surface area is 124 Å². The number of hydrogen-bond acceptors (Lipinski definition) is 4. The first-order valence-corrected chi connectivity index (χ1v) is 7.28. The van der Waals surface area contributed by atoms with Crippen LogP contribution in [0.5, 0.6) is 11.5 Å². The molecular formula is C13H15BrF2N2O2. The van der Waals surface area contributed by atoms with Crippen molar-refractivity contribution >= 4 is 15.9 Å². The number of ether oxygens (including phenoxy) is 2. The summed E-state index contributed by atoms with van der Waals surface area (Å²) in [5.74, 6) is 1.12. The van der Waals surface area contributed by atoms with E-state index in [0.717, 1.165) is 13.1 Å². The van der Waals surface area contributed by atoms with E-state index in [9.17, 15) is 8.78 Å². The summed E-state index contributed by atoms with van der Waals surface area (Å²) in [6.07, 6.45) is -2.45. The van der Waals surface area contributed by atoms with Crippen LogP contribution in [0.1, 0.15) is 11.6 Å². The monoisotopic (exact) mass is 348 g/mol. The summed E-state index contributed by atoms with van der Waals surface area (Å²) >= 11 is 3.37. The zero-order valence-corrected chi connectivity index (χ0v) is 12.3. The van der Waals surface area contributed by atoms with Crippen LogP contribution in [0.4, 0.5) is 8.78 Å². The van der Waals surface area contributed by atoms with Gasteiger partial charge in [0.05, 0.1) is 6.04 Å². The number of benzene rings is 1. The molecular weight excluding hydrogens is 334 g/mol. The maximum atomic E-state index is 13.5. The highest BCUT2D eigenvalue weighted by Gasteiger charge is 2.33. The minimum Gasteiger partial charge on any atom is -0.454 e. The third-order valence-electron chi connectivity index (χ3n) is 3.59. The molecule has 7 heteroatoms. The molecule has 2 heterocycles. The second-order valence-corrected chi connectivity index (χ2v) is 5.65. The molecule has 0 aromatic heterocycles. The quantitative estimate of drug-likeness (QED) is 0.909. The maximum Gasteiger partial charge on any atom is 0.258 e. The third-order valence-corrected chi connectivity index (χ3v) is 4.28. The first kappa shape index (κ1) is 14.0. The van der Waals surface area contributed by atoms with Crippen molar-refractivity contribution in [2.45, 2.75) is 12.5 Å². The van der Waals surface area contributed by atoms with Crippen molar-refractivity contribution in [2.75, 3.05) is 33.0 Å². The average molecular weight is 349 g/mol. The van der Waals surface area contributed by atoms with Gasteiger partial charge in [-0.05, 0) is 17.7 Å². The molecule has 0 bridgehead atoms. The van der Waals surface area contributed by atoms with Crippen molar-refractivity contribution in [1.82, 2.24) is 10.2 Å². The Morgan fingerprint density at radius 3 is 2.45 bits per heavy atom. The lowest BCUT2D eigenvalue weighted by Crippen LogP contribution is -2.47. The Kier molecular flexibility index (Phi) is 4.09. The highest BCUT2D eigenvalue weighted by atomic mass is 79.9. The van der Waals surface area contributed by atoms with Crippen molar-refractivity contribution in [3.8, 4) is 11.5 Å². The summed E-state index contributed by atoms with van der Waals surface area (Å²) in [5, 5.41) is 3.17. The highest BCUT2D eigenvalue weighted by Crippen LogP contribution is 2.42. The topological polar surface area (TPSA) is 33.7 Å². The second kappa shape index (κ2) is 5.83. The van der Waals surface area contributed by atoms with E-state index in [1.807, 2.05) is 4.90 Å². The second-order valence-electron chi connectivity index (χ2n) is 4.79. The molecule has 20 heavy (non-hydrogen) atoms. The number of nitrogens with one attached hydrogen (secondary N) is 1. The fourth-order valence-corrected chi connectivity index (χ4v) is 3.17. The molecule has 1 saturated heterocycles. The van der Waals surface area contributed by atoms with Gasteiger partial charge in [0, 0.05) is 30.7 Å². The van der Waals surface area contributed by atoms with Gasteiger partial charge < -0.3 is 14.8 Å². The summed E-state index contributed by atoms with van der Waals surface area (Å²) in [7, 11) is 0. The largest absolute Gasteiger partial charge is 0.454 e. The number of halogens is 3. The molecule has 1 N–H and O–H groups in total. The molecule has 1 fully saturated rings. The van der Waals surface area contributed by atoms with Crippen molar-refractivity contribution in [3.63, 3.8) is 0 Å². The Morgan fingerprint density at radius 1 is 1.15 bits per heavy atom. The van der Waals surface area contributed by atoms with Gasteiger partial charge in [-0.15, -0.1) is 0 Å². The van der Waals surface area contributed by atoms with Crippen LogP contribution >= 0.6 is 15.9 Å². The first-order valence-electron chi connectivity index (χ1n) is 6.49. The van der Waals surface area contributed by atoms with E-state index >= 15 is 0 Å². The fraction of sp³-hybridized carbons (Fsp3) is 0.538. The molecule has 0 radical (unpaired) electrons. The molecule has 0 aliphatic carbocycles. The zero-order valence-electron chi connectivity index (χ0n) is 10.7. The van der Waals surface area contributed by atoms with Gasteiger partial charge in [0.15, 0.2) is 11.5 Å². The predicted molar refractivity (Wildman–Crippen MR) is 73.5 cm³/mol. The lowest BCUT2D eigenvalue weighted by molar-refractivity contribution is 0.0177. The van der Waals surface area contributed by atoms with Crippen LogP contribution in [-0.2, 0) is 0 Å². The summed E-state index contributed by atoms with van der Waals surface area (Å²) in [6, 6.07) is 2.43. The van der Waals surface area contributed by atoms with Crippen LogP contribution in [0.2, 0.25) is 0 Å². The number of nitrogens with zero attached hydrogens (tertiary/aromatic N) is 1. The summed E-state index contributed by atoms with van der Waals surface area (Å²) in [6.45, 7) is 2.81. The molecule has 1 aromatic carbocycles. The number of rotatable bonds is 3. The molecule has 1 atom stereocenters. The van der Waals surface area contributed by atoms with Gasteiger partial charge in [0.2, 0.25) is 6.79 Å². The van der Waals surface area contributed by atoms with Crippen molar-refractivity contribution in [3.05, 3.63) is 22.2 Å². The van der Waals surface area contributed by atoms with Crippen molar-refractivity contribution < 1.29 is 18.3 Å². The fourth-order valence-electron chi connectivity index (χ4n) is 2.61. The van der Waals surface area contributed by atoms with E-state index in [0.29, 0.717) is 34.6 Å². The van der Waals surface area contributed by atoms with Crippen molar-refractivity contribution in [2.24, 2.45) is 0 Å². The van der Waals surface area contributed by atoms with Crippen LogP contribution < -0.4 is 14.8 Å². The Bertz CT molecular complexity index is 496. The molecule has 2 aliphatic rings. The molecule has 0 amide bonds. The third kappa shape index (κ3) is 2.62. The van der Waals surface area contributed by atoms with Crippen LogP contribution in [0.15, 0.2) is 16.6 Å². The van der Waals surface area contributed by atoms with E-state index in [1.54, 1.807) is 12.1 Å². The minimum absolute atomic E-state index is 0.137. The van der Waals surface area contributed by atoms with Gasteiger partial charge in [-0.1, -0.05) is 15.9 Å². The first-order chi connectivity index (χ1) is 9.66. The van der Waals surface area contributed by atoms with Crippen molar-refractivity contribution in [1.29, 1.82) is 0 Å². The Morgan fingerprint density at radius 2 is 1.80 bits per heavy atom. The molecule has 3 rings (SSSR count). The standard InChI is InChI=1S/C13H15BrF2N2O2/c14-9-6-11-10(19-7-20-11)5-8(9)12(13(15)16)18-3-1-17-2-4-18/h5-6,12-13,17H,1-4,7H2/t12-/m1/s1. The van der Waals surface area contributed by atoms with E-state index in [4.69, 9.17) is 9.47 Å². The molecule has 2 aliphatic heterocycles. The predicted octanol–water partition coefficient (Wildman–Crippen LogP) is 2.39. The number of fused-ring (bicyclic) bond motifs is 1. The van der Waals surface area contributed by atoms with Gasteiger partial charge in [-0.25, -0.2) is 8.78 Å². The summed E-state index contributed by atoms with van der Waals surface area (Å²) in [4.78, 5) is 1.81. The van der Waals surface area contributed by atoms with E-state index in [2.05, 4.69) is 21.2 Å². The molecule has 0 spiro atoms. The van der Waals surface area contributed by atoms with Gasteiger partial charge in [0.1, 0.15) is 0 Å². The maximum absolute atomic E-state index is 13.5. The SMILES string of the molecule is FC(F)[C@@H](c1cc2c(cc1Br)OCO2)N1CCNCC1. The summed E-state index contributed by atoms with van der Waals surface area (Å²) in [5.41, 5.74) is 0.547. The molecule has 0 saturated carbocycles. The zero-order chi connectivity index (χ0) is 14.1. The molecule has 4 nitrogen and oxygen atoms in total. The number of piperazine rings is 1. The molecule has 0 unspecified atom stereocenters.